The van der Waals surface area contributed by atoms with Gasteiger partial charge in [0.25, 0.3) is 5.69 Å². The molecule has 1 amide bonds. The zero-order valence-corrected chi connectivity index (χ0v) is 18.6. The lowest BCUT2D eigenvalue weighted by atomic mass is 9.95. The van der Waals surface area contributed by atoms with Crippen LogP contribution in [0.3, 0.4) is 0 Å². The molecule has 2 heterocycles. The Kier molecular flexibility index (Phi) is 6.99. The first kappa shape index (κ1) is 24.2. The van der Waals surface area contributed by atoms with Crippen molar-refractivity contribution >= 4 is 17.3 Å². The summed E-state index contributed by atoms with van der Waals surface area (Å²) >= 11 is 0. The molecule has 2 aromatic carbocycles. The molecule has 0 bridgehead atoms. The molecule has 4 rings (SSSR count). The Hall–Kier alpha value is -3.96. The summed E-state index contributed by atoms with van der Waals surface area (Å²) in [7, 11) is 0. The Balaban J connectivity index is 1.30. The summed E-state index contributed by atoms with van der Waals surface area (Å²) in [4.78, 5) is 28.8. The van der Waals surface area contributed by atoms with Crippen molar-refractivity contribution in [3.8, 4) is 0 Å². The summed E-state index contributed by atoms with van der Waals surface area (Å²) in [6.07, 6.45) is -0.665. The number of hydrogen-bond donors (Lipinski definition) is 1. The molecule has 1 aliphatic rings. The van der Waals surface area contributed by atoms with Gasteiger partial charge >= 0.3 is 6.18 Å². The number of anilines is 1. The number of nitro groups is 1. The second-order valence-electron chi connectivity index (χ2n) is 8.35. The van der Waals surface area contributed by atoms with Crippen molar-refractivity contribution in [3.05, 3.63) is 81.9 Å². The highest BCUT2D eigenvalue weighted by Crippen LogP contribution is 2.37. The molecule has 0 saturated carbocycles. The summed E-state index contributed by atoms with van der Waals surface area (Å²) in [5.74, 6) is -0.385. The third-order valence-corrected chi connectivity index (χ3v) is 6.01. The molecule has 0 unspecified atom stereocenters. The van der Waals surface area contributed by atoms with E-state index in [-0.39, 0.29) is 17.5 Å². The molecule has 35 heavy (non-hydrogen) atoms. The summed E-state index contributed by atoms with van der Waals surface area (Å²) in [5.41, 5.74) is 0.477. The first-order valence-corrected chi connectivity index (χ1v) is 11.0. The molecule has 0 radical (unpaired) electrons. The van der Waals surface area contributed by atoms with Crippen molar-refractivity contribution in [2.24, 2.45) is 5.92 Å². The van der Waals surface area contributed by atoms with E-state index in [4.69, 9.17) is 0 Å². The normalized spacial score (nSPS) is 14.7. The SMILES string of the molecule is O=C(NCc1ccc(Cn2cncn2)cc1)C1CCN(c2ccc(C(F)(F)F)cc2[N+](=O)[O-])CC1. The minimum atomic E-state index is -4.66. The Morgan fingerprint density at radius 3 is 2.40 bits per heavy atom. The Labute approximate surface area is 198 Å². The maximum Gasteiger partial charge on any atom is 0.416 e. The number of alkyl halides is 3. The van der Waals surface area contributed by atoms with Crippen LogP contribution >= 0.6 is 0 Å². The van der Waals surface area contributed by atoms with E-state index in [0.29, 0.717) is 45.1 Å². The maximum atomic E-state index is 13.0. The van der Waals surface area contributed by atoms with Crippen LogP contribution in [-0.2, 0) is 24.1 Å². The second-order valence-corrected chi connectivity index (χ2v) is 8.35. The third-order valence-electron chi connectivity index (χ3n) is 6.01. The van der Waals surface area contributed by atoms with Gasteiger partial charge in [-0.15, -0.1) is 0 Å². The highest BCUT2D eigenvalue weighted by atomic mass is 19.4. The predicted octanol–water partition coefficient (Wildman–Crippen LogP) is 3.79. The molecule has 1 fully saturated rings. The molecule has 1 aliphatic heterocycles. The number of halogens is 3. The number of nitro benzene ring substituents is 1. The van der Waals surface area contributed by atoms with Crippen LogP contribution in [0.2, 0.25) is 0 Å². The standard InChI is InChI=1S/C23H23F3N6O3/c24-23(25,26)19-5-6-20(21(11-19)32(34)35)30-9-7-18(8-10-30)22(33)28-12-16-1-3-17(4-2-16)13-31-15-27-14-29-31/h1-6,11,14-15,18H,7-10,12-13H2,(H,28,33). The zero-order valence-electron chi connectivity index (χ0n) is 18.6. The van der Waals surface area contributed by atoms with Gasteiger partial charge in [-0.05, 0) is 36.1 Å². The largest absolute Gasteiger partial charge is 0.416 e. The van der Waals surface area contributed by atoms with Gasteiger partial charge in [0.05, 0.1) is 17.0 Å². The summed E-state index contributed by atoms with van der Waals surface area (Å²) in [6.45, 7) is 1.64. The lowest BCUT2D eigenvalue weighted by Gasteiger charge is -2.32. The minimum Gasteiger partial charge on any atom is -0.366 e. The van der Waals surface area contributed by atoms with Gasteiger partial charge in [0.1, 0.15) is 18.3 Å². The number of carbonyl (C=O) groups excluding carboxylic acids is 1. The highest BCUT2D eigenvalue weighted by Gasteiger charge is 2.34. The quantitative estimate of drug-likeness (QED) is 0.401. The average Bonchev–Trinajstić information content (AvgIpc) is 3.35. The molecular formula is C23H23F3N6O3. The van der Waals surface area contributed by atoms with Crippen LogP contribution in [0, 0.1) is 16.0 Å². The van der Waals surface area contributed by atoms with E-state index in [1.807, 2.05) is 24.3 Å². The number of carbonyl (C=O) groups is 1. The van der Waals surface area contributed by atoms with Crippen molar-refractivity contribution in [2.45, 2.75) is 32.1 Å². The highest BCUT2D eigenvalue weighted by molar-refractivity contribution is 5.79. The molecule has 1 aromatic heterocycles. The molecular weight excluding hydrogens is 465 g/mol. The molecule has 0 spiro atoms. The monoisotopic (exact) mass is 488 g/mol. The zero-order chi connectivity index (χ0) is 25.0. The number of benzene rings is 2. The fourth-order valence-corrected chi connectivity index (χ4v) is 4.09. The van der Waals surface area contributed by atoms with E-state index in [9.17, 15) is 28.1 Å². The number of hydrogen-bond acceptors (Lipinski definition) is 6. The number of nitrogens with zero attached hydrogens (tertiary/aromatic N) is 5. The van der Waals surface area contributed by atoms with Crippen LogP contribution in [0.5, 0.6) is 0 Å². The van der Waals surface area contributed by atoms with Gasteiger partial charge in [0.15, 0.2) is 0 Å². The van der Waals surface area contributed by atoms with E-state index in [2.05, 4.69) is 15.4 Å². The van der Waals surface area contributed by atoms with Crippen LogP contribution in [0.4, 0.5) is 24.5 Å². The maximum absolute atomic E-state index is 13.0. The number of amides is 1. The van der Waals surface area contributed by atoms with Gasteiger partial charge in [-0.25, -0.2) is 9.67 Å². The van der Waals surface area contributed by atoms with Gasteiger partial charge < -0.3 is 10.2 Å². The Morgan fingerprint density at radius 1 is 1.11 bits per heavy atom. The van der Waals surface area contributed by atoms with Crippen LogP contribution in [-0.4, -0.2) is 38.7 Å². The minimum absolute atomic E-state index is 0.113. The van der Waals surface area contributed by atoms with Crippen LogP contribution in [0.15, 0.2) is 55.1 Å². The molecule has 9 nitrogen and oxygen atoms in total. The first-order chi connectivity index (χ1) is 16.7. The second kappa shape index (κ2) is 10.1. The van der Waals surface area contributed by atoms with Gasteiger partial charge in [-0.1, -0.05) is 24.3 Å². The smallest absolute Gasteiger partial charge is 0.366 e. The van der Waals surface area contributed by atoms with E-state index in [0.717, 1.165) is 23.3 Å². The predicted molar refractivity (Wildman–Crippen MR) is 120 cm³/mol. The van der Waals surface area contributed by atoms with E-state index < -0.39 is 22.4 Å². The topological polar surface area (TPSA) is 106 Å². The van der Waals surface area contributed by atoms with E-state index >= 15 is 0 Å². The molecule has 3 aromatic rings. The fraction of sp³-hybridized carbons (Fsp3) is 0.348. The number of aromatic nitrogens is 3. The summed E-state index contributed by atoms with van der Waals surface area (Å²) in [5, 5.41) is 18.4. The molecule has 1 N–H and O–H groups in total. The average molecular weight is 488 g/mol. The van der Waals surface area contributed by atoms with Gasteiger partial charge in [-0.2, -0.15) is 18.3 Å². The van der Waals surface area contributed by atoms with Crippen molar-refractivity contribution in [1.82, 2.24) is 20.1 Å². The summed E-state index contributed by atoms with van der Waals surface area (Å²) in [6, 6.07) is 10.3. The van der Waals surface area contributed by atoms with Crippen molar-refractivity contribution in [3.63, 3.8) is 0 Å². The number of rotatable bonds is 7. The molecule has 0 aliphatic carbocycles. The van der Waals surface area contributed by atoms with Crippen molar-refractivity contribution < 1.29 is 22.9 Å². The van der Waals surface area contributed by atoms with Crippen molar-refractivity contribution in [2.75, 3.05) is 18.0 Å². The van der Waals surface area contributed by atoms with Crippen LogP contribution < -0.4 is 10.2 Å². The van der Waals surface area contributed by atoms with Gasteiger partial charge in [0.2, 0.25) is 5.91 Å². The summed E-state index contributed by atoms with van der Waals surface area (Å²) < 4.78 is 40.6. The third kappa shape index (κ3) is 5.94. The van der Waals surface area contributed by atoms with Gasteiger partial charge in [0, 0.05) is 31.6 Å². The Bertz CT molecular complexity index is 1170. The Morgan fingerprint density at radius 2 is 1.80 bits per heavy atom. The molecule has 12 heteroatoms. The molecule has 184 valence electrons. The fourth-order valence-electron chi connectivity index (χ4n) is 4.09. The van der Waals surface area contributed by atoms with Crippen LogP contribution in [0.1, 0.15) is 29.5 Å². The molecule has 1 saturated heterocycles. The lowest BCUT2D eigenvalue weighted by Crippen LogP contribution is -2.40. The van der Waals surface area contributed by atoms with E-state index in [1.54, 1.807) is 15.9 Å². The number of piperidine rings is 1. The van der Waals surface area contributed by atoms with E-state index in [1.165, 1.54) is 6.33 Å². The molecule has 0 atom stereocenters. The first-order valence-electron chi connectivity index (χ1n) is 11.0. The van der Waals surface area contributed by atoms with Crippen molar-refractivity contribution in [1.29, 1.82) is 0 Å². The lowest BCUT2D eigenvalue weighted by molar-refractivity contribution is -0.384. The van der Waals surface area contributed by atoms with Crippen LogP contribution in [0.25, 0.3) is 0 Å². The number of nitrogens with one attached hydrogen (secondary N) is 1. The van der Waals surface area contributed by atoms with Gasteiger partial charge in [-0.3, -0.25) is 14.9 Å².